The third-order valence-corrected chi connectivity index (χ3v) is 5.64. The maximum absolute atomic E-state index is 12.7. The monoisotopic (exact) mass is 284 g/mol. The van der Waals surface area contributed by atoms with Crippen molar-refractivity contribution in [3.8, 4) is 0 Å². The number of Topliss-reactive ketones (excluding diaryl/α,β-unsaturated/α-hetero) is 1. The van der Waals surface area contributed by atoms with Gasteiger partial charge in [0.15, 0.2) is 5.78 Å². The number of ketones is 1. The van der Waals surface area contributed by atoms with Crippen LogP contribution in [0.4, 0.5) is 0 Å². The zero-order valence-corrected chi connectivity index (χ0v) is 13.3. The first kappa shape index (κ1) is 14.5. The van der Waals surface area contributed by atoms with Crippen molar-refractivity contribution in [2.75, 3.05) is 0 Å². The molecule has 0 heterocycles. The smallest absolute Gasteiger partial charge is 0.164 e. The number of hydrogen-bond acceptors (Lipinski definition) is 2. The Bertz CT molecular complexity index is 624. The molecular weight excluding hydrogens is 260 g/mol. The Morgan fingerprint density at radius 3 is 2.52 bits per heavy atom. The maximum Gasteiger partial charge on any atom is 0.164 e. The number of rotatable bonds is 2. The summed E-state index contributed by atoms with van der Waals surface area (Å²) in [6.07, 6.45) is 1.18. The quantitative estimate of drug-likeness (QED) is 0.900. The molecule has 2 heteroatoms. The molecule has 0 amide bonds. The highest BCUT2D eigenvalue weighted by Crippen LogP contribution is 2.58. The molecule has 0 aromatic heterocycles. The summed E-state index contributed by atoms with van der Waals surface area (Å²) < 4.78 is 0. The Hall–Kier alpha value is -1.41. The highest BCUT2D eigenvalue weighted by Gasteiger charge is 2.51. The lowest BCUT2D eigenvalue weighted by Crippen LogP contribution is -2.41. The summed E-state index contributed by atoms with van der Waals surface area (Å²) in [5.74, 6) is 0.322. The number of carbonyl (C=O) groups excluding carboxylic acids is 1. The van der Waals surface area contributed by atoms with Gasteiger partial charge in [-0.1, -0.05) is 38.1 Å². The summed E-state index contributed by atoms with van der Waals surface area (Å²) in [6, 6.07) is 8.46. The van der Waals surface area contributed by atoms with Crippen molar-refractivity contribution in [1.82, 2.24) is 0 Å². The van der Waals surface area contributed by atoms with Crippen LogP contribution in [-0.4, -0.2) is 17.0 Å². The molecule has 3 rings (SSSR count). The number of hydrogen-bond donors (Lipinski definition) is 1. The van der Waals surface area contributed by atoms with Gasteiger partial charge in [0, 0.05) is 11.3 Å². The maximum atomic E-state index is 12.7. The Morgan fingerprint density at radius 2 is 1.90 bits per heavy atom. The molecule has 1 aromatic carbocycles. The fraction of sp³-hybridized carbons (Fsp3) is 0.526. The normalized spacial score (nSPS) is 29.6. The number of aliphatic hydroxyl groups is 1. The predicted molar refractivity (Wildman–Crippen MR) is 84.8 cm³/mol. The molecule has 1 N–H and O–H groups in total. The molecule has 2 aliphatic rings. The van der Waals surface area contributed by atoms with E-state index >= 15 is 0 Å². The van der Waals surface area contributed by atoms with Crippen LogP contribution < -0.4 is 0 Å². The van der Waals surface area contributed by atoms with Gasteiger partial charge >= 0.3 is 0 Å². The van der Waals surface area contributed by atoms with E-state index in [1.807, 2.05) is 6.92 Å². The lowest BCUT2D eigenvalue weighted by atomic mass is 9.60. The number of allylic oxidation sites excluding steroid dienone is 2. The summed E-state index contributed by atoms with van der Waals surface area (Å²) in [7, 11) is 0. The molecule has 2 aliphatic carbocycles. The van der Waals surface area contributed by atoms with Crippen LogP contribution in [-0.2, 0) is 11.2 Å². The van der Waals surface area contributed by atoms with Gasteiger partial charge in [0.1, 0.15) is 0 Å². The van der Waals surface area contributed by atoms with E-state index in [0.717, 1.165) is 18.4 Å². The van der Waals surface area contributed by atoms with Gasteiger partial charge in [0.25, 0.3) is 0 Å². The van der Waals surface area contributed by atoms with E-state index in [9.17, 15) is 9.90 Å². The summed E-state index contributed by atoms with van der Waals surface area (Å²) in [6.45, 7) is 8.19. The molecule has 3 atom stereocenters. The van der Waals surface area contributed by atoms with Gasteiger partial charge in [-0.3, -0.25) is 4.79 Å². The van der Waals surface area contributed by atoms with Crippen molar-refractivity contribution in [1.29, 1.82) is 0 Å². The minimum absolute atomic E-state index is 0.00331. The average Bonchev–Trinajstić information content (AvgIpc) is 2.78. The Balaban J connectivity index is 2.24. The van der Waals surface area contributed by atoms with E-state index in [1.165, 1.54) is 16.7 Å². The molecule has 0 saturated carbocycles. The molecule has 0 bridgehead atoms. The first-order valence-corrected chi connectivity index (χ1v) is 7.90. The van der Waals surface area contributed by atoms with Crippen LogP contribution in [0.5, 0.6) is 0 Å². The van der Waals surface area contributed by atoms with Crippen LogP contribution in [0, 0.1) is 17.3 Å². The first-order valence-electron chi connectivity index (χ1n) is 7.90. The summed E-state index contributed by atoms with van der Waals surface area (Å²) in [5.41, 5.74) is 4.71. The van der Waals surface area contributed by atoms with Gasteiger partial charge in [0.05, 0.1) is 6.10 Å². The molecule has 0 saturated heterocycles. The largest absolute Gasteiger partial charge is 0.393 e. The molecular formula is C19H24O2. The third-order valence-electron chi connectivity index (χ3n) is 5.64. The van der Waals surface area contributed by atoms with E-state index in [4.69, 9.17) is 0 Å². The highest BCUT2D eigenvalue weighted by atomic mass is 16.3. The van der Waals surface area contributed by atoms with Crippen molar-refractivity contribution in [2.24, 2.45) is 17.3 Å². The van der Waals surface area contributed by atoms with Crippen molar-refractivity contribution < 1.29 is 9.90 Å². The van der Waals surface area contributed by atoms with Crippen LogP contribution in [0.25, 0.3) is 5.57 Å². The molecule has 0 spiro atoms. The molecule has 0 aliphatic heterocycles. The fourth-order valence-electron chi connectivity index (χ4n) is 4.37. The topological polar surface area (TPSA) is 37.3 Å². The zero-order chi connectivity index (χ0) is 15.4. The van der Waals surface area contributed by atoms with Gasteiger partial charge in [0.2, 0.25) is 0 Å². The predicted octanol–water partition coefficient (Wildman–Crippen LogP) is 3.63. The Kier molecular flexibility index (Phi) is 3.32. The van der Waals surface area contributed by atoms with Crippen LogP contribution in [0.1, 0.15) is 45.2 Å². The van der Waals surface area contributed by atoms with Crippen LogP contribution in [0.2, 0.25) is 0 Å². The van der Waals surface area contributed by atoms with Gasteiger partial charge in [-0.25, -0.2) is 0 Å². The van der Waals surface area contributed by atoms with Crippen molar-refractivity contribution in [2.45, 2.75) is 46.6 Å². The Morgan fingerprint density at radius 1 is 1.24 bits per heavy atom. The van der Waals surface area contributed by atoms with Gasteiger partial charge in [-0.2, -0.15) is 0 Å². The van der Waals surface area contributed by atoms with Crippen molar-refractivity contribution >= 4 is 11.4 Å². The number of carbonyl (C=O) groups is 1. The second-order valence-corrected chi connectivity index (χ2v) is 7.06. The van der Waals surface area contributed by atoms with E-state index in [0.29, 0.717) is 5.92 Å². The standard InChI is InChI=1S/C19H24O2/c1-11(2)19-9-14-7-5-6-8-15(14)17(19)12(3)18(21)16(10-19)13(4)20/h5-8,11,13,16,20H,9-10H2,1-4H3. The molecule has 0 radical (unpaired) electrons. The van der Waals surface area contributed by atoms with E-state index < -0.39 is 6.10 Å². The number of benzene rings is 1. The lowest BCUT2D eigenvalue weighted by molar-refractivity contribution is -0.124. The Labute approximate surface area is 126 Å². The minimum Gasteiger partial charge on any atom is -0.393 e. The molecule has 112 valence electrons. The highest BCUT2D eigenvalue weighted by molar-refractivity contribution is 6.07. The molecule has 1 aromatic rings. The average molecular weight is 284 g/mol. The van der Waals surface area contributed by atoms with Gasteiger partial charge in [-0.15, -0.1) is 0 Å². The van der Waals surface area contributed by atoms with Crippen LogP contribution in [0.15, 0.2) is 29.8 Å². The van der Waals surface area contributed by atoms with Gasteiger partial charge in [-0.05, 0) is 54.9 Å². The van der Waals surface area contributed by atoms with Gasteiger partial charge < -0.3 is 5.11 Å². The molecule has 21 heavy (non-hydrogen) atoms. The summed E-state index contributed by atoms with van der Waals surface area (Å²) >= 11 is 0. The number of fused-ring (bicyclic) bond motifs is 3. The van der Waals surface area contributed by atoms with Crippen LogP contribution >= 0.6 is 0 Å². The SMILES string of the molecule is CC1=C2c3ccccc3CC2(C(C)C)CC(C(C)O)C1=O. The fourth-order valence-corrected chi connectivity index (χ4v) is 4.37. The second-order valence-electron chi connectivity index (χ2n) is 7.06. The zero-order valence-electron chi connectivity index (χ0n) is 13.3. The summed E-state index contributed by atoms with van der Waals surface area (Å²) in [5, 5.41) is 10.1. The number of aliphatic hydroxyl groups excluding tert-OH is 1. The van der Waals surface area contributed by atoms with Crippen LogP contribution in [0.3, 0.4) is 0 Å². The molecule has 2 nitrogen and oxygen atoms in total. The van der Waals surface area contributed by atoms with E-state index in [-0.39, 0.29) is 17.1 Å². The van der Waals surface area contributed by atoms with Crippen molar-refractivity contribution in [3.63, 3.8) is 0 Å². The van der Waals surface area contributed by atoms with Crippen molar-refractivity contribution in [3.05, 3.63) is 41.0 Å². The molecule has 0 fully saturated rings. The second kappa shape index (κ2) is 4.81. The lowest BCUT2D eigenvalue weighted by Gasteiger charge is -2.43. The molecule has 3 unspecified atom stereocenters. The minimum atomic E-state index is -0.576. The third kappa shape index (κ3) is 1.92. The van der Waals surface area contributed by atoms with E-state index in [1.54, 1.807) is 6.92 Å². The summed E-state index contributed by atoms with van der Waals surface area (Å²) in [4.78, 5) is 12.7. The first-order chi connectivity index (χ1) is 9.88. The van der Waals surface area contributed by atoms with E-state index in [2.05, 4.69) is 38.1 Å².